The van der Waals surface area contributed by atoms with Gasteiger partial charge < -0.3 is 10.6 Å². The van der Waals surface area contributed by atoms with E-state index in [4.69, 9.17) is 0 Å². The van der Waals surface area contributed by atoms with Crippen molar-refractivity contribution in [3.8, 4) is 6.07 Å². The molecular formula is C22H29F2N3O. The number of anilines is 1. The summed E-state index contributed by atoms with van der Waals surface area (Å²) in [7, 11) is 0. The molecule has 0 aromatic heterocycles. The smallest absolute Gasteiger partial charge is 0.263 e. The molecule has 152 valence electrons. The van der Waals surface area contributed by atoms with Crippen LogP contribution in [0.1, 0.15) is 70.6 Å². The molecule has 1 aromatic carbocycles. The Morgan fingerprint density at radius 3 is 2.11 bits per heavy atom. The van der Waals surface area contributed by atoms with Gasteiger partial charge in [0.15, 0.2) is 0 Å². The molecule has 1 saturated carbocycles. The van der Waals surface area contributed by atoms with Crippen LogP contribution >= 0.6 is 0 Å². The van der Waals surface area contributed by atoms with Gasteiger partial charge in [0, 0.05) is 18.3 Å². The molecule has 0 bridgehead atoms. The molecule has 0 radical (unpaired) electrons. The van der Waals surface area contributed by atoms with Crippen molar-refractivity contribution in [2.75, 3.05) is 5.32 Å². The monoisotopic (exact) mass is 389 g/mol. The summed E-state index contributed by atoms with van der Waals surface area (Å²) in [5.41, 5.74) is -0.122. The maximum absolute atomic E-state index is 13.7. The summed E-state index contributed by atoms with van der Waals surface area (Å²) in [6.45, 7) is 0. The van der Waals surface area contributed by atoms with Gasteiger partial charge in [-0.05, 0) is 25.0 Å². The number of benzene rings is 1. The minimum Gasteiger partial charge on any atom is -0.358 e. The second-order valence-electron chi connectivity index (χ2n) is 7.37. The van der Waals surface area contributed by atoms with Gasteiger partial charge >= 0.3 is 0 Å². The number of hydrogen-bond acceptors (Lipinski definition) is 3. The number of nitrogens with one attached hydrogen (secondary N) is 2. The fourth-order valence-corrected chi connectivity index (χ4v) is 3.48. The molecular weight excluding hydrogens is 360 g/mol. The van der Waals surface area contributed by atoms with Gasteiger partial charge in [0.1, 0.15) is 23.3 Å². The summed E-state index contributed by atoms with van der Waals surface area (Å²) in [5.74, 6) is -1.93. The van der Waals surface area contributed by atoms with E-state index in [1.807, 2.05) is 6.07 Å². The lowest BCUT2D eigenvalue weighted by Gasteiger charge is -2.19. The lowest BCUT2D eigenvalue weighted by atomic mass is 9.98. The fourth-order valence-electron chi connectivity index (χ4n) is 3.48. The Hall–Kier alpha value is -2.42. The van der Waals surface area contributed by atoms with E-state index in [1.54, 1.807) is 0 Å². The normalized spacial score (nSPS) is 17.7. The van der Waals surface area contributed by atoms with Gasteiger partial charge in [-0.3, -0.25) is 4.79 Å². The first kappa shape index (κ1) is 21.9. The molecule has 0 spiro atoms. The van der Waals surface area contributed by atoms with Crippen LogP contribution < -0.4 is 10.6 Å². The SMILES string of the molecule is N#C/C(=C/Nc1ccc(F)cc1F)C(=O)NC1CCCCCCCCCCC1. The van der Waals surface area contributed by atoms with E-state index in [0.717, 1.165) is 37.8 Å². The van der Waals surface area contributed by atoms with Crippen LogP contribution in [0.15, 0.2) is 30.0 Å². The van der Waals surface area contributed by atoms with Crippen LogP contribution in [0.3, 0.4) is 0 Å². The van der Waals surface area contributed by atoms with E-state index in [0.29, 0.717) is 0 Å². The minimum atomic E-state index is -0.784. The van der Waals surface area contributed by atoms with Crippen LogP contribution in [0.5, 0.6) is 0 Å². The molecule has 0 atom stereocenters. The third-order valence-corrected chi connectivity index (χ3v) is 5.11. The highest BCUT2D eigenvalue weighted by Crippen LogP contribution is 2.18. The summed E-state index contributed by atoms with van der Waals surface area (Å²) < 4.78 is 26.6. The molecule has 0 heterocycles. The molecule has 1 aliphatic rings. The van der Waals surface area contributed by atoms with Crippen LogP contribution in [0.4, 0.5) is 14.5 Å². The molecule has 28 heavy (non-hydrogen) atoms. The van der Waals surface area contributed by atoms with Crippen molar-refractivity contribution in [1.29, 1.82) is 5.26 Å². The van der Waals surface area contributed by atoms with Crippen molar-refractivity contribution < 1.29 is 13.6 Å². The van der Waals surface area contributed by atoms with Gasteiger partial charge in [0.25, 0.3) is 5.91 Å². The van der Waals surface area contributed by atoms with Gasteiger partial charge in [0.05, 0.1) is 5.69 Å². The highest BCUT2D eigenvalue weighted by Gasteiger charge is 2.16. The molecule has 1 fully saturated rings. The summed E-state index contributed by atoms with van der Waals surface area (Å²) in [5, 5.41) is 14.8. The lowest BCUT2D eigenvalue weighted by Crippen LogP contribution is -2.35. The first-order valence-corrected chi connectivity index (χ1v) is 10.2. The van der Waals surface area contributed by atoms with Crippen LogP contribution in [0.25, 0.3) is 0 Å². The van der Waals surface area contributed by atoms with E-state index in [1.165, 1.54) is 57.2 Å². The minimum absolute atomic E-state index is 0.00737. The Bertz CT molecular complexity index is 700. The van der Waals surface area contributed by atoms with Crippen molar-refractivity contribution in [3.63, 3.8) is 0 Å². The Kier molecular flexibility index (Phi) is 9.47. The zero-order chi connectivity index (χ0) is 20.2. The third-order valence-electron chi connectivity index (χ3n) is 5.11. The predicted octanol–water partition coefficient (Wildman–Crippen LogP) is 5.57. The molecule has 1 aliphatic carbocycles. The zero-order valence-electron chi connectivity index (χ0n) is 16.3. The predicted molar refractivity (Wildman–Crippen MR) is 106 cm³/mol. The van der Waals surface area contributed by atoms with Crippen LogP contribution in [0, 0.1) is 23.0 Å². The number of nitrogens with zero attached hydrogens (tertiary/aromatic N) is 1. The van der Waals surface area contributed by atoms with Crippen molar-refractivity contribution in [3.05, 3.63) is 41.6 Å². The van der Waals surface area contributed by atoms with E-state index in [9.17, 15) is 18.8 Å². The van der Waals surface area contributed by atoms with Gasteiger partial charge in [-0.15, -0.1) is 0 Å². The molecule has 1 amide bonds. The van der Waals surface area contributed by atoms with E-state index >= 15 is 0 Å². The third kappa shape index (κ3) is 7.67. The topological polar surface area (TPSA) is 64.9 Å². The number of nitriles is 1. The Balaban J connectivity index is 1.94. The average molecular weight is 389 g/mol. The van der Waals surface area contributed by atoms with E-state index in [-0.39, 0.29) is 17.3 Å². The van der Waals surface area contributed by atoms with Gasteiger partial charge in [-0.25, -0.2) is 8.78 Å². The second-order valence-corrected chi connectivity index (χ2v) is 7.37. The number of rotatable bonds is 4. The lowest BCUT2D eigenvalue weighted by molar-refractivity contribution is -0.117. The number of amides is 1. The van der Waals surface area contributed by atoms with Crippen LogP contribution in [0.2, 0.25) is 0 Å². The fraction of sp³-hybridized carbons (Fsp3) is 0.545. The Labute approximate surface area is 166 Å². The first-order chi connectivity index (χ1) is 13.6. The van der Waals surface area contributed by atoms with E-state index in [2.05, 4.69) is 10.6 Å². The molecule has 2 rings (SSSR count). The Morgan fingerprint density at radius 2 is 1.57 bits per heavy atom. The van der Waals surface area contributed by atoms with Gasteiger partial charge in [-0.2, -0.15) is 5.26 Å². The summed E-state index contributed by atoms with van der Waals surface area (Å²) in [6.07, 6.45) is 13.8. The molecule has 6 heteroatoms. The first-order valence-electron chi connectivity index (χ1n) is 10.2. The molecule has 2 N–H and O–H groups in total. The standard InChI is InChI=1S/C22H29F2N3O/c23-18-12-13-21(20(24)14-18)26-16-17(15-25)22(28)27-19-10-8-6-4-2-1-3-5-7-9-11-19/h12-14,16,19,26H,1-11H2,(H,27,28)/b17-16-. The summed E-state index contributed by atoms with van der Waals surface area (Å²) in [4.78, 5) is 12.5. The Morgan fingerprint density at radius 1 is 1.00 bits per heavy atom. The molecule has 0 aliphatic heterocycles. The number of halogens is 2. The zero-order valence-corrected chi connectivity index (χ0v) is 16.3. The van der Waals surface area contributed by atoms with E-state index < -0.39 is 17.5 Å². The van der Waals surface area contributed by atoms with Crippen molar-refractivity contribution in [2.24, 2.45) is 0 Å². The van der Waals surface area contributed by atoms with Crippen molar-refractivity contribution >= 4 is 11.6 Å². The van der Waals surface area contributed by atoms with Crippen LogP contribution in [-0.2, 0) is 4.79 Å². The number of carbonyl (C=O) groups excluding carboxylic acids is 1. The molecule has 4 nitrogen and oxygen atoms in total. The number of hydrogen-bond donors (Lipinski definition) is 2. The molecule has 0 unspecified atom stereocenters. The average Bonchev–Trinajstić information content (AvgIpc) is 2.66. The van der Waals surface area contributed by atoms with Gasteiger partial charge in [-0.1, -0.05) is 57.8 Å². The molecule has 0 saturated heterocycles. The molecule has 1 aromatic rings. The quantitative estimate of drug-likeness (QED) is 0.522. The number of carbonyl (C=O) groups is 1. The van der Waals surface area contributed by atoms with Crippen molar-refractivity contribution in [2.45, 2.75) is 76.7 Å². The largest absolute Gasteiger partial charge is 0.358 e. The summed E-state index contributed by atoms with van der Waals surface area (Å²) in [6, 6.07) is 4.97. The maximum atomic E-state index is 13.7. The maximum Gasteiger partial charge on any atom is 0.263 e. The highest BCUT2D eigenvalue weighted by molar-refractivity contribution is 5.97. The summed E-state index contributed by atoms with van der Waals surface area (Å²) >= 11 is 0. The highest BCUT2D eigenvalue weighted by atomic mass is 19.1. The van der Waals surface area contributed by atoms with Crippen LogP contribution in [-0.4, -0.2) is 11.9 Å². The van der Waals surface area contributed by atoms with Gasteiger partial charge in [0.2, 0.25) is 0 Å². The second kappa shape index (κ2) is 12.1. The van der Waals surface area contributed by atoms with Crippen molar-refractivity contribution in [1.82, 2.24) is 5.32 Å².